The first-order chi connectivity index (χ1) is 11.6. The summed E-state index contributed by atoms with van der Waals surface area (Å²) < 4.78 is 5.03. The molecule has 0 saturated heterocycles. The lowest BCUT2D eigenvalue weighted by atomic mass is 10.1. The molecule has 0 aliphatic heterocycles. The number of nitrogens with one attached hydrogen (secondary N) is 1. The van der Waals surface area contributed by atoms with Crippen molar-refractivity contribution in [3.8, 4) is 0 Å². The number of methoxy groups -OCH3 is 1. The van der Waals surface area contributed by atoms with E-state index < -0.39 is 0 Å². The normalized spacial score (nSPS) is 10.6. The van der Waals surface area contributed by atoms with Crippen molar-refractivity contribution in [3.05, 3.63) is 11.1 Å². The van der Waals surface area contributed by atoms with Gasteiger partial charge in [0, 0.05) is 32.1 Å². The third kappa shape index (κ3) is 8.37. The molecule has 8 heteroatoms. The molecule has 1 aromatic rings. The molecule has 0 atom stereocenters. The Bertz CT molecular complexity index is 507. The van der Waals surface area contributed by atoms with Crippen LogP contribution < -0.4 is 11.1 Å². The van der Waals surface area contributed by atoms with Gasteiger partial charge in [0.05, 0.1) is 12.2 Å². The molecule has 1 heterocycles. The fourth-order valence-electron chi connectivity index (χ4n) is 2.19. The fraction of sp³-hybridized carbons (Fsp3) is 0.688. The Morgan fingerprint density at radius 1 is 1.33 bits per heavy atom. The van der Waals surface area contributed by atoms with Crippen LogP contribution in [0.3, 0.4) is 0 Å². The van der Waals surface area contributed by atoms with Gasteiger partial charge < -0.3 is 20.7 Å². The van der Waals surface area contributed by atoms with Crippen LogP contribution in [0.4, 0.5) is 5.13 Å². The number of unbranched alkanes of at least 4 members (excludes halogenated alkanes) is 2. The lowest BCUT2D eigenvalue weighted by Gasteiger charge is -2.22. The van der Waals surface area contributed by atoms with Crippen molar-refractivity contribution in [2.45, 2.75) is 39.0 Å². The molecule has 0 aliphatic carbocycles. The zero-order valence-electron chi connectivity index (χ0n) is 14.5. The molecular formula is C16H28N4O3S. The van der Waals surface area contributed by atoms with Crippen molar-refractivity contribution in [1.82, 2.24) is 9.88 Å². The van der Waals surface area contributed by atoms with Crippen LogP contribution in [-0.4, -0.2) is 55.0 Å². The quantitative estimate of drug-likeness (QED) is 0.556. The number of aryl methyl sites for hydroxylation is 1. The maximum Gasteiger partial charge on any atom is 0.245 e. The van der Waals surface area contributed by atoms with Crippen LogP contribution in [0.2, 0.25) is 0 Å². The molecule has 24 heavy (non-hydrogen) atoms. The summed E-state index contributed by atoms with van der Waals surface area (Å²) >= 11 is 1.38. The van der Waals surface area contributed by atoms with E-state index in [4.69, 9.17) is 10.5 Å². The zero-order chi connectivity index (χ0) is 17.8. The van der Waals surface area contributed by atoms with E-state index >= 15 is 0 Å². The minimum absolute atomic E-state index is 0.00593. The summed E-state index contributed by atoms with van der Waals surface area (Å²) in [6.07, 6.45) is 3.79. The molecule has 0 saturated carbocycles. The van der Waals surface area contributed by atoms with Crippen molar-refractivity contribution in [1.29, 1.82) is 0 Å². The number of aromatic nitrogens is 1. The van der Waals surface area contributed by atoms with Gasteiger partial charge in [-0.1, -0.05) is 6.42 Å². The summed E-state index contributed by atoms with van der Waals surface area (Å²) in [4.78, 5) is 30.3. The Hall–Kier alpha value is -1.51. The number of thiazole rings is 1. The standard InChI is InChI=1S/C16H28N4O3S/c1-13-12-24-16(18-13)19-14(21)11-20(9-6-10-23-2)15(22)7-4-3-5-8-17/h12H,3-11,17H2,1-2H3,(H,18,19,21). The van der Waals surface area contributed by atoms with Crippen LogP contribution >= 0.6 is 11.3 Å². The van der Waals surface area contributed by atoms with Gasteiger partial charge >= 0.3 is 0 Å². The molecule has 0 bridgehead atoms. The number of hydrogen-bond donors (Lipinski definition) is 2. The second kappa shape index (κ2) is 11.9. The molecule has 1 rings (SSSR count). The number of carbonyl (C=O) groups is 2. The van der Waals surface area contributed by atoms with Gasteiger partial charge in [0.2, 0.25) is 11.8 Å². The lowest BCUT2D eigenvalue weighted by Crippen LogP contribution is -2.39. The Labute approximate surface area is 147 Å². The maximum absolute atomic E-state index is 12.4. The van der Waals surface area contributed by atoms with Crippen LogP contribution in [0.1, 0.15) is 37.8 Å². The first-order valence-corrected chi connectivity index (χ1v) is 9.13. The summed E-state index contributed by atoms with van der Waals surface area (Å²) in [6, 6.07) is 0. The van der Waals surface area contributed by atoms with Crippen molar-refractivity contribution in [2.75, 3.05) is 38.7 Å². The van der Waals surface area contributed by atoms with Crippen LogP contribution in [-0.2, 0) is 14.3 Å². The average molecular weight is 356 g/mol. The molecule has 0 fully saturated rings. The third-order valence-electron chi connectivity index (χ3n) is 3.42. The molecule has 7 nitrogen and oxygen atoms in total. The molecule has 136 valence electrons. The molecular weight excluding hydrogens is 328 g/mol. The van der Waals surface area contributed by atoms with E-state index in [1.165, 1.54) is 11.3 Å². The fourth-order valence-corrected chi connectivity index (χ4v) is 2.90. The smallest absolute Gasteiger partial charge is 0.245 e. The van der Waals surface area contributed by atoms with E-state index in [0.29, 0.717) is 37.7 Å². The number of nitrogens with zero attached hydrogens (tertiary/aromatic N) is 2. The second-order valence-corrected chi connectivity index (χ2v) is 6.46. The van der Waals surface area contributed by atoms with E-state index in [0.717, 1.165) is 25.0 Å². The van der Waals surface area contributed by atoms with Crippen molar-refractivity contribution in [3.63, 3.8) is 0 Å². The van der Waals surface area contributed by atoms with Gasteiger partial charge in [-0.05, 0) is 32.7 Å². The second-order valence-electron chi connectivity index (χ2n) is 5.60. The van der Waals surface area contributed by atoms with E-state index in [1.807, 2.05) is 12.3 Å². The highest BCUT2D eigenvalue weighted by Crippen LogP contribution is 2.14. The van der Waals surface area contributed by atoms with Gasteiger partial charge in [-0.15, -0.1) is 11.3 Å². The Morgan fingerprint density at radius 3 is 2.75 bits per heavy atom. The first-order valence-electron chi connectivity index (χ1n) is 8.25. The molecule has 0 aliphatic rings. The highest BCUT2D eigenvalue weighted by Gasteiger charge is 2.17. The summed E-state index contributed by atoms with van der Waals surface area (Å²) in [6.45, 7) is 3.62. The average Bonchev–Trinajstić information content (AvgIpc) is 2.95. The number of rotatable bonds is 12. The number of hydrogen-bond acceptors (Lipinski definition) is 6. The number of nitrogens with two attached hydrogens (primary N) is 1. The summed E-state index contributed by atoms with van der Waals surface area (Å²) in [5, 5.41) is 5.17. The first kappa shape index (κ1) is 20.5. The van der Waals surface area contributed by atoms with E-state index in [-0.39, 0.29) is 18.4 Å². The molecule has 0 radical (unpaired) electrons. The maximum atomic E-state index is 12.4. The van der Waals surface area contributed by atoms with Crippen LogP contribution in [0.15, 0.2) is 5.38 Å². The molecule has 0 unspecified atom stereocenters. The van der Waals surface area contributed by atoms with Crippen molar-refractivity contribution >= 4 is 28.3 Å². The third-order valence-corrected chi connectivity index (χ3v) is 4.30. The zero-order valence-corrected chi connectivity index (χ0v) is 15.4. The molecule has 1 aromatic heterocycles. The largest absolute Gasteiger partial charge is 0.385 e. The van der Waals surface area contributed by atoms with Gasteiger partial charge in [0.1, 0.15) is 0 Å². The van der Waals surface area contributed by atoms with Gasteiger partial charge in [-0.25, -0.2) is 4.98 Å². The summed E-state index contributed by atoms with van der Waals surface area (Å²) in [7, 11) is 1.62. The van der Waals surface area contributed by atoms with Crippen molar-refractivity contribution in [2.24, 2.45) is 5.73 Å². The highest BCUT2D eigenvalue weighted by atomic mass is 32.1. The van der Waals surface area contributed by atoms with E-state index in [1.54, 1.807) is 12.0 Å². The minimum Gasteiger partial charge on any atom is -0.385 e. The summed E-state index contributed by atoms with van der Waals surface area (Å²) in [5.41, 5.74) is 6.32. The number of anilines is 1. The monoisotopic (exact) mass is 356 g/mol. The predicted octanol–water partition coefficient (Wildman–Crippen LogP) is 1.77. The predicted molar refractivity (Wildman–Crippen MR) is 96.1 cm³/mol. The van der Waals surface area contributed by atoms with Crippen LogP contribution in [0.25, 0.3) is 0 Å². The van der Waals surface area contributed by atoms with E-state index in [2.05, 4.69) is 10.3 Å². The number of ether oxygens (including phenoxy) is 1. The molecule has 2 amide bonds. The van der Waals surface area contributed by atoms with Crippen LogP contribution in [0.5, 0.6) is 0 Å². The van der Waals surface area contributed by atoms with E-state index in [9.17, 15) is 9.59 Å². The SMILES string of the molecule is COCCCN(CC(=O)Nc1nc(C)cs1)C(=O)CCCCCN. The summed E-state index contributed by atoms with van der Waals surface area (Å²) in [5.74, 6) is -0.231. The number of amides is 2. The Morgan fingerprint density at radius 2 is 2.12 bits per heavy atom. The molecule has 0 spiro atoms. The lowest BCUT2D eigenvalue weighted by molar-refractivity contribution is -0.135. The molecule has 3 N–H and O–H groups in total. The van der Waals surface area contributed by atoms with Gasteiger partial charge in [-0.2, -0.15) is 0 Å². The number of carbonyl (C=O) groups excluding carboxylic acids is 2. The van der Waals surface area contributed by atoms with Gasteiger partial charge in [0.15, 0.2) is 5.13 Å². The Balaban J connectivity index is 2.49. The minimum atomic E-state index is -0.225. The van der Waals surface area contributed by atoms with Crippen LogP contribution in [0, 0.1) is 6.92 Å². The van der Waals surface area contributed by atoms with Crippen molar-refractivity contribution < 1.29 is 14.3 Å². The van der Waals surface area contributed by atoms with Gasteiger partial charge in [-0.3, -0.25) is 9.59 Å². The topological polar surface area (TPSA) is 97.5 Å². The Kier molecular flexibility index (Phi) is 10.2. The highest BCUT2D eigenvalue weighted by molar-refractivity contribution is 7.13. The molecule has 0 aromatic carbocycles. The van der Waals surface area contributed by atoms with Gasteiger partial charge in [0.25, 0.3) is 0 Å².